The van der Waals surface area contributed by atoms with Gasteiger partial charge in [-0.05, 0) is 42.3 Å². The molecule has 0 bridgehead atoms. The minimum absolute atomic E-state index is 0.389. The second-order valence-electron chi connectivity index (χ2n) is 6.20. The minimum Gasteiger partial charge on any atom is -0.492 e. The average Bonchev–Trinajstić information content (AvgIpc) is 2.73. The molecule has 0 aliphatic rings. The van der Waals surface area contributed by atoms with Crippen LogP contribution in [0.15, 0.2) is 48.9 Å². The van der Waals surface area contributed by atoms with Crippen molar-refractivity contribution in [3.05, 3.63) is 60.6 Å². The fraction of sp³-hybridized carbons (Fsp3) is 0.143. The van der Waals surface area contributed by atoms with Gasteiger partial charge in [-0.25, -0.2) is 23.7 Å². The van der Waals surface area contributed by atoms with Crippen molar-refractivity contribution in [2.24, 2.45) is 0 Å². The largest absolute Gasteiger partial charge is 0.492 e. The zero-order valence-corrected chi connectivity index (χ0v) is 15.8. The highest BCUT2D eigenvalue weighted by Crippen LogP contribution is 2.36. The topological polar surface area (TPSA) is 72.8 Å². The minimum atomic E-state index is -0.652. The Hall–Kier alpha value is -3.68. The summed E-state index contributed by atoms with van der Waals surface area (Å²) in [6.45, 7) is 2.25. The Kier molecular flexibility index (Phi) is 4.99. The maximum Gasteiger partial charge on any atom is 0.182 e. The second-order valence-corrected chi connectivity index (χ2v) is 6.20. The number of ether oxygens (including phenoxy) is 1. The van der Waals surface area contributed by atoms with Gasteiger partial charge in [0.1, 0.15) is 34.4 Å². The van der Waals surface area contributed by atoms with Gasteiger partial charge < -0.3 is 10.1 Å². The summed E-state index contributed by atoms with van der Waals surface area (Å²) in [5.74, 6) is 0.104. The monoisotopic (exact) mass is 393 g/mol. The van der Waals surface area contributed by atoms with E-state index in [2.05, 4.69) is 25.3 Å². The first-order valence-electron chi connectivity index (χ1n) is 8.98. The van der Waals surface area contributed by atoms with Gasteiger partial charge in [-0.15, -0.1) is 0 Å². The SMILES string of the molecule is CCOc1cc(-c2cc(F)cc(F)c2)cc2c(NC)nc(-c3cnccn3)nc12. The molecule has 0 unspecified atom stereocenters. The van der Waals surface area contributed by atoms with Crippen LogP contribution in [0.1, 0.15) is 6.92 Å². The molecule has 0 amide bonds. The smallest absolute Gasteiger partial charge is 0.182 e. The molecule has 2 heterocycles. The molecule has 0 saturated carbocycles. The highest BCUT2D eigenvalue weighted by molar-refractivity contribution is 5.97. The van der Waals surface area contributed by atoms with E-state index in [1.54, 1.807) is 37.8 Å². The van der Waals surface area contributed by atoms with E-state index in [0.29, 0.717) is 51.7 Å². The molecule has 0 fully saturated rings. The molecule has 6 nitrogen and oxygen atoms in total. The molecule has 146 valence electrons. The van der Waals surface area contributed by atoms with Gasteiger partial charge in [0, 0.05) is 30.9 Å². The summed E-state index contributed by atoms with van der Waals surface area (Å²) in [4.78, 5) is 17.5. The van der Waals surface area contributed by atoms with Gasteiger partial charge in [0.15, 0.2) is 5.82 Å². The van der Waals surface area contributed by atoms with Crippen molar-refractivity contribution >= 4 is 16.7 Å². The standard InChI is InChI=1S/C21H17F2N5O/c1-3-29-18-9-13(12-6-14(22)10-15(23)7-12)8-16-19(18)27-21(28-20(16)24-2)17-11-25-4-5-26-17/h4-11H,3H2,1-2H3,(H,24,27,28). The van der Waals surface area contributed by atoms with Crippen molar-refractivity contribution in [1.29, 1.82) is 0 Å². The Morgan fingerprint density at radius 1 is 0.966 bits per heavy atom. The van der Waals surface area contributed by atoms with Crippen LogP contribution < -0.4 is 10.1 Å². The predicted octanol–water partition coefficient (Wildman–Crippen LogP) is 4.47. The van der Waals surface area contributed by atoms with Crippen molar-refractivity contribution in [2.75, 3.05) is 19.0 Å². The number of fused-ring (bicyclic) bond motifs is 1. The van der Waals surface area contributed by atoms with Crippen molar-refractivity contribution in [3.63, 3.8) is 0 Å². The molecule has 0 atom stereocenters. The molecule has 0 saturated heterocycles. The lowest BCUT2D eigenvalue weighted by Gasteiger charge is -2.14. The highest BCUT2D eigenvalue weighted by atomic mass is 19.1. The Labute approximate surface area is 165 Å². The summed E-state index contributed by atoms with van der Waals surface area (Å²) in [6.07, 6.45) is 4.71. The predicted molar refractivity (Wildman–Crippen MR) is 107 cm³/mol. The van der Waals surface area contributed by atoms with Gasteiger partial charge in [0.2, 0.25) is 0 Å². The van der Waals surface area contributed by atoms with E-state index < -0.39 is 11.6 Å². The Balaban J connectivity index is 1.98. The molecule has 8 heteroatoms. The summed E-state index contributed by atoms with van der Waals surface area (Å²) in [5, 5.41) is 3.71. The molecule has 4 aromatic rings. The van der Waals surface area contributed by atoms with Crippen LogP contribution in [0.5, 0.6) is 5.75 Å². The normalized spacial score (nSPS) is 10.9. The number of aromatic nitrogens is 4. The Bertz CT molecular complexity index is 1160. The van der Waals surface area contributed by atoms with Crippen LogP contribution in [-0.4, -0.2) is 33.6 Å². The average molecular weight is 393 g/mol. The van der Waals surface area contributed by atoms with E-state index in [4.69, 9.17) is 4.74 Å². The Morgan fingerprint density at radius 2 is 1.72 bits per heavy atom. The van der Waals surface area contributed by atoms with Crippen LogP contribution in [0.4, 0.5) is 14.6 Å². The van der Waals surface area contributed by atoms with Crippen molar-refractivity contribution in [1.82, 2.24) is 19.9 Å². The van der Waals surface area contributed by atoms with E-state index >= 15 is 0 Å². The van der Waals surface area contributed by atoms with E-state index in [0.717, 1.165) is 6.07 Å². The maximum absolute atomic E-state index is 13.7. The number of hydrogen-bond donors (Lipinski definition) is 1. The van der Waals surface area contributed by atoms with Crippen molar-refractivity contribution < 1.29 is 13.5 Å². The van der Waals surface area contributed by atoms with Gasteiger partial charge in [-0.2, -0.15) is 0 Å². The van der Waals surface area contributed by atoms with E-state index in [-0.39, 0.29) is 0 Å². The third kappa shape index (κ3) is 3.69. The summed E-state index contributed by atoms with van der Waals surface area (Å²) < 4.78 is 33.3. The third-order valence-corrected chi connectivity index (χ3v) is 4.29. The number of hydrogen-bond acceptors (Lipinski definition) is 6. The molecule has 0 aliphatic carbocycles. The van der Waals surface area contributed by atoms with Gasteiger partial charge in [-0.3, -0.25) is 4.98 Å². The van der Waals surface area contributed by atoms with Crippen LogP contribution in [0.2, 0.25) is 0 Å². The van der Waals surface area contributed by atoms with Gasteiger partial charge in [0.05, 0.1) is 12.8 Å². The van der Waals surface area contributed by atoms with Crippen LogP contribution in [0.25, 0.3) is 33.5 Å². The van der Waals surface area contributed by atoms with E-state index in [1.165, 1.54) is 12.1 Å². The fourth-order valence-electron chi connectivity index (χ4n) is 3.07. The lowest BCUT2D eigenvalue weighted by molar-refractivity contribution is 0.344. The lowest BCUT2D eigenvalue weighted by Crippen LogP contribution is -2.02. The molecular weight excluding hydrogens is 376 g/mol. The van der Waals surface area contributed by atoms with Gasteiger partial charge in [-0.1, -0.05) is 0 Å². The van der Waals surface area contributed by atoms with Crippen LogP contribution in [0, 0.1) is 11.6 Å². The van der Waals surface area contributed by atoms with Crippen LogP contribution in [0.3, 0.4) is 0 Å². The first kappa shape index (κ1) is 18.7. The fourth-order valence-corrected chi connectivity index (χ4v) is 3.07. The molecule has 0 radical (unpaired) electrons. The van der Waals surface area contributed by atoms with Crippen LogP contribution >= 0.6 is 0 Å². The number of rotatable bonds is 5. The zero-order valence-electron chi connectivity index (χ0n) is 15.8. The van der Waals surface area contributed by atoms with E-state index in [1.807, 2.05) is 6.92 Å². The first-order chi connectivity index (χ1) is 14.1. The zero-order chi connectivity index (χ0) is 20.4. The molecule has 0 aliphatic heterocycles. The first-order valence-corrected chi connectivity index (χ1v) is 8.98. The summed E-state index contributed by atoms with van der Waals surface area (Å²) in [6, 6.07) is 6.87. The van der Waals surface area contributed by atoms with Crippen molar-refractivity contribution in [2.45, 2.75) is 6.92 Å². The molecule has 29 heavy (non-hydrogen) atoms. The number of benzene rings is 2. The molecule has 2 aromatic heterocycles. The Morgan fingerprint density at radius 3 is 2.38 bits per heavy atom. The van der Waals surface area contributed by atoms with Crippen molar-refractivity contribution in [3.8, 4) is 28.4 Å². The second kappa shape index (κ2) is 7.75. The highest BCUT2D eigenvalue weighted by Gasteiger charge is 2.16. The third-order valence-electron chi connectivity index (χ3n) is 4.29. The maximum atomic E-state index is 13.7. The molecule has 0 spiro atoms. The van der Waals surface area contributed by atoms with E-state index in [9.17, 15) is 8.78 Å². The quantitative estimate of drug-likeness (QED) is 0.539. The molecule has 4 rings (SSSR count). The van der Waals surface area contributed by atoms with Crippen LogP contribution in [-0.2, 0) is 0 Å². The summed E-state index contributed by atoms with van der Waals surface area (Å²) >= 11 is 0. The number of halogens is 2. The molecule has 2 aromatic carbocycles. The molecular formula is C21H17F2N5O. The summed E-state index contributed by atoms with van der Waals surface area (Å²) in [7, 11) is 1.73. The number of nitrogens with zero attached hydrogens (tertiary/aromatic N) is 4. The summed E-state index contributed by atoms with van der Waals surface area (Å²) in [5.41, 5.74) is 2.06. The number of nitrogens with one attached hydrogen (secondary N) is 1. The van der Waals surface area contributed by atoms with Gasteiger partial charge in [0.25, 0.3) is 0 Å². The number of anilines is 1. The lowest BCUT2D eigenvalue weighted by atomic mass is 10.0. The van der Waals surface area contributed by atoms with Gasteiger partial charge >= 0.3 is 0 Å². The molecule has 1 N–H and O–H groups in total.